The molecule has 2 N–H and O–H groups in total. The molecule has 0 aliphatic heterocycles. The van der Waals surface area contributed by atoms with Crippen molar-refractivity contribution in [2.24, 2.45) is 0 Å². The van der Waals surface area contributed by atoms with Gasteiger partial charge in [0.25, 0.3) is 0 Å². The first-order valence-corrected chi connectivity index (χ1v) is 9.05. The van der Waals surface area contributed by atoms with Crippen LogP contribution < -0.4 is 15.2 Å². The van der Waals surface area contributed by atoms with Gasteiger partial charge in [-0.3, -0.25) is 0 Å². The zero-order valence-corrected chi connectivity index (χ0v) is 16.0. The Morgan fingerprint density at radius 3 is 2.24 bits per heavy atom. The number of benzene rings is 1. The fourth-order valence-corrected chi connectivity index (χ4v) is 3.42. The molecule has 2 heterocycles. The van der Waals surface area contributed by atoms with Crippen molar-refractivity contribution < 1.29 is 9.47 Å². The summed E-state index contributed by atoms with van der Waals surface area (Å²) >= 11 is 14.4. The Morgan fingerprint density at radius 2 is 1.68 bits per heavy atom. The monoisotopic (exact) mass is 396 g/mol. The molecule has 0 saturated heterocycles. The molecule has 0 aliphatic carbocycles. The smallest absolute Gasteiger partial charge is 0.189 e. The van der Waals surface area contributed by atoms with Gasteiger partial charge >= 0.3 is 0 Å². The van der Waals surface area contributed by atoms with Crippen molar-refractivity contribution in [1.29, 1.82) is 0 Å². The predicted octanol–water partition coefficient (Wildman–Crippen LogP) is 4.32. The molecule has 0 spiro atoms. The number of thioether (sulfide) groups is 1. The minimum absolute atomic E-state index is 0.248. The fraction of sp³-hybridized carbons (Fsp3) is 0.188. The molecular weight excluding hydrogens is 383 g/mol. The Labute approximate surface area is 158 Å². The molecule has 0 atom stereocenters. The number of ether oxygens (including phenoxy) is 2. The Kier molecular flexibility index (Phi) is 5.08. The number of rotatable bonds is 4. The lowest BCUT2D eigenvalue weighted by Crippen LogP contribution is -2.00. The molecule has 2 aromatic heterocycles. The summed E-state index contributed by atoms with van der Waals surface area (Å²) in [5, 5.41) is 1.98. The van der Waals surface area contributed by atoms with E-state index >= 15 is 0 Å². The van der Waals surface area contributed by atoms with Gasteiger partial charge in [-0.25, -0.2) is 15.0 Å². The molecule has 0 fully saturated rings. The molecule has 0 aliphatic rings. The number of fused-ring (bicyclic) bond motifs is 1. The van der Waals surface area contributed by atoms with E-state index in [-0.39, 0.29) is 5.82 Å². The highest BCUT2D eigenvalue weighted by Gasteiger charge is 2.21. The molecule has 130 valence electrons. The van der Waals surface area contributed by atoms with Crippen LogP contribution in [0.15, 0.2) is 23.5 Å². The molecule has 0 saturated carbocycles. The minimum atomic E-state index is 0.248. The van der Waals surface area contributed by atoms with Gasteiger partial charge in [0.15, 0.2) is 10.8 Å². The van der Waals surface area contributed by atoms with Crippen LogP contribution in [-0.4, -0.2) is 35.4 Å². The molecular formula is C16H14Cl2N4O2S. The van der Waals surface area contributed by atoms with Crippen LogP contribution in [0.4, 0.5) is 5.82 Å². The van der Waals surface area contributed by atoms with E-state index in [0.717, 1.165) is 5.39 Å². The van der Waals surface area contributed by atoms with E-state index in [4.69, 9.17) is 38.4 Å². The highest BCUT2D eigenvalue weighted by atomic mass is 35.5. The average Bonchev–Trinajstić information content (AvgIpc) is 2.62. The van der Waals surface area contributed by atoms with Crippen LogP contribution in [0.2, 0.25) is 10.0 Å². The van der Waals surface area contributed by atoms with Gasteiger partial charge in [-0.15, -0.1) is 0 Å². The number of hydrogen-bond donors (Lipinski definition) is 1. The summed E-state index contributed by atoms with van der Waals surface area (Å²) in [4.78, 5) is 13.0. The zero-order valence-electron chi connectivity index (χ0n) is 13.6. The Morgan fingerprint density at radius 1 is 1.04 bits per heavy atom. The van der Waals surface area contributed by atoms with Crippen molar-refractivity contribution in [2.45, 2.75) is 5.16 Å². The minimum Gasteiger partial charge on any atom is -0.495 e. The SMILES string of the molecule is COc1cc(OC)c(Cl)c(-c2cc3cnc(SC)nc3nc2N)c1Cl. The lowest BCUT2D eigenvalue weighted by atomic mass is 10.0. The van der Waals surface area contributed by atoms with Gasteiger partial charge in [-0.05, 0) is 12.3 Å². The summed E-state index contributed by atoms with van der Waals surface area (Å²) < 4.78 is 10.6. The van der Waals surface area contributed by atoms with Gasteiger partial charge in [-0.1, -0.05) is 35.0 Å². The fourth-order valence-electron chi connectivity index (χ4n) is 2.38. The van der Waals surface area contributed by atoms with Crippen LogP contribution in [0, 0.1) is 0 Å². The second-order valence-corrected chi connectivity index (χ2v) is 6.50. The first kappa shape index (κ1) is 17.8. The van der Waals surface area contributed by atoms with Crippen molar-refractivity contribution in [1.82, 2.24) is 15.0 Å². The maximum Gasteiger partial charge on any atom is 0.189 e. The average molecular weight is 397 g/mol. The molecule has 3 rings (SSSR count). The number of nitrogens with zero attached hydrogens (tertiary/aromatic N) is 3. The number of halogens is 2. The topological polar surface area (TPSA) is 83.2 Å². The lowest BCUT2D eigenvalue weighted by molar-refractivity contribution is 0.395. The molecule has 1 aromatic carbocycles. The zero-order chi connectivity index (χ0) is 18.1. The van der Waals surface area contributed by atoms with Crippen LogP contribution in [0.5, 0.6) is 11.5 Å². The molecule has 3 aromatic rings. The second kappa shape index (κ2) is 7.11. The second-order valence-electron chi connectivity index (χ2n) is 4.97. The van der Waals surface area contributed by atoms with Gasteiger partial charge in [0, 0.05) is 28.8 Å². The van der Waals surface area contributed by atoms with E-state index in [2.05, 4.69) is 15.0 Å². The van der Waals surface area contributed by atoms with Gasteiger partial charge in [0.1, 0.15) is 17.3 Å². The van der Waals surface area contributed by atoms with Crippen LogP contribution in [0.1, 0.15) is 0 Å². The molecule has 9 heteroatoms. The van der Waals surface area contributed by atoms with Gasteiger partial charge in [0.2, 0.25) is 0 Å². The summed E-state index contributed by atoms with van der Waals surface area (Å²) in [6.07, 6.45) is 3.57. The van der Waals surface area contributed by atoms with Crippen molar-refractivity contribution in [3.8, 4) is 22.6 Å². The summed E-state index contributed by atoms with van der Waals surface area (Å²) in [5.74, 6) is 1.09. The number of nitrogen functional groups attached to an aromatic ring is 1. The first-order valence-electron chi connectivity index (χ1n) is 7.07. The number of nitrogens with two attached hydrogens (primary N) is 1. The summed E-state index contributed by atoms with van der Waals surface area (Å²) in [6.45, 7) is 0. The normalized spacial score (nSPS) is 10.9. The van der Waals surface area contributed by atoms with Crippen LogP contribution in [-0.2, 0) is 0 Å². The molecule has 0 amide bonds. The number of anilines is 1. The van der Waals surface area contributed by atoms with E-state index in [1.54, 1.807) is 18.3 Å². The van der Waals surface area contributed by atoms with E-state index < -0.39 is 0 Å². The van der Waals surface area contributed by atoms with Crippen molar-refractivity contribution >= 4 is 51.8 Å². The molecule has 6 nitrogen and oxygen atoms in total. The van der Waals surface area contributed by atoms with E-state index in [1.165, 1.54) is 26.0 Å². The standard InChI is InChI=1S/C16H14Cl2N4O2S/c1-23-9-5-10(24-2)13(18)11(12(9)17)8-4-7-6-20-16(25-3)22-15(7)21-14(8)19/h4-6H,1-3H3,(H2,19,20,21,22). The molecule has 0 bridgehead atoms. The van der Waals surface area contributed by atoms with E-state index in [9.17, 15) is 0 Å². The van der Waals surface area contributed by atoms with E-state index in [0.29, 0.717) is 43.5 Å². The quantitative estimate of drug-likeness (QED) is 0.519. The van der Waals surface area contributed by atoms with E-state index in [1.807, 2.05) is 6.26 Å². The van der Waals surface area contributed by atoms with Gasteiger partial charge in [0.05, 0.1) is 24.3 Å². The lowest BCUT2D eigenvalue weighted by Gasteiger charge is -2.16. The van der Waals surface area contributed by atoms with Crippen LogP contribution in [0.3, 0.4) is 0 Å². The number of pyridine rings is 1. The third-order valence-electron chi connectivity index (χ3n) is 3.60. The number of methoxy groups -OCH3 is 2. The van der Waals surface area contributed by atoms with Gasteiger partial charge in [-0.2, -0.15) is 0 Å². The Bertz CT molecular complexity index is 941. The molecule has 0 unspecified atom stereocenters. The summed E-state index contributed by atoms with van der Waals surface area (Å²) in [5.41, 5.74) is 7.70. The Balaban J connectivity index is 2.31. The maximum absolute atomic E-state index is 6.47. The third kappa shape index (κ3) is 3.15. The van der Waals surface area contributed by atoms with Crippen molar-refractivity contribution in [3.63, 3.8) is 0 Å². The predicted molar refractivity (Wildman–Crippen MR) is 102 cm³/mol. The largest absolute Gasteiger partial charge is 0.495 e. The van der Waals surface area contributed by atoms with Gasteiger partial charge < -0.3 is 15.2 Å². The Hall–Kier alpha value is -1.96. The first-order chi connectivity index (χ1) is 12.0. The summed E-state index contributed by atoms with van der Waals surface area (Å²) in [7, 11) is 3.02. The molecule has 0 radical (unpaired) electrons. The highest BCUT2D eigenvalue weighted by molar-refractivity contribution is 7.98. The van der Waals surface area contributed by atoms with Crippen molar-refractivity contribution in [3.05, 3.63) is 28.4 Å². The van der Waals surface area contributed by atoms with Crippen LogP contribution >= 0.6 is 35.0 Å². The number of hydrogen-bond acceptors (Lipinski definition) is 7. The van der Waals surface area contributed by atoms with Crippen molar-refractivity contribution in [2.75, 3.05) is 26.2 Å². The maximum atomic E-state index is 6.47. The number of aromatic nitrogens is 3. The van der Waals surface area contributed by atoms with Crippen LogP contribution in [0.25, 0.3) is 22.2 Å². The summed E-state index contributed by atoms with van der Waals surface area (Å²) in [6, 6.07) is 3.42. The highest BCUT2D eigenvalue weighted by Crippen LogP contribution is 2.47. The molecule has 25 heavy (non-hydrogen) atoms. The third-order valence-corrected chi connectivity index (χ3v) is 4.91.